The number of hydrogen-bond donors (Lipinski definition) is 2. The molecule has 1 rings (SSSR count). The van der Waals surface area contributed by atoms with Crippen molar-refractivity contribution in [3.05, 3.63) is 27.7 Å². The molecular formula is C8H9F2NO3. The Morgan fingerprint density at radius 3 is 2.71 bits per heavy atom. The zero-order chi connectivity index (χ0) is 10.7. The number of alkyl halides is 2. The highest BCUT2D eigenvalue weighted by molar-refractivity contribution is 5.33. The maximum atomic E-state index is 12.3. The number of pyridine rings is 1. The molecule has 0 radical (unpaired) electrons. The topological polar surface area (TPSA) is 62.3 Å². The van der Waals surface area contributed by atoms with E-state index in [2.05, 4.69) is 9.72 Å². The van der Waals surface area contributed by atoms with Gasteiger partial charge in [0.2, 0.25) is 0 Å². The molecule has 1 aromatic heterocycles. The second-order valence-corrected chi connectivity index (χ2v) is 2.56. The van der Waals surface area contributed by atoms with Crippen molar-refractivity contribution in [1.82, 2.24) is 4.98 Å². The van der Waals surface area contributed by atoms with Gasteiger partial charge in [-0.05, 0) is 0 Å². The van der Waals surface area contributed by atoms with Gasteiger partial charge in [0.25, 0.3) is 12.0 Å². The Labute approximate surface area is 78.1 Å². The number of aliphatic hydroxyl groups is 1. The van der Waals surface area contributed by atoms with Crippen LogP contribution in [0.2, 0.25) is 0 Å². The monoisotopic (exact) mass is 205 g/mol. The van der Waals surface area contributed by atoms with E-state index in [9.17, 15) is 13.6 Å². The van der Waals surface area contributed by atoms with Crippen molar-refractivity contribution in [3.8, 4) is 5.75 Å². The summed E-state index contributed by atoms with van der Waals surface area (Å²) < 4.78 is 29.3. The lowest BCUT2D eigenvalue weighted by atomic mass is 10.2. The number of ether oxygens (including phenoxy) is 1. The molecule has 0 fully saturated rings. The first-order chi connectivity index (χ1) is 6.60. The highest BCUT2D eigenvalue weighted by atomic mass is 19.3. The van der Waals surface area contributed by atoms with Gasteiger partial charge in [-0.25, -0.2) is 8.78 Å². The molecule has 14 heavy (non-hydrogen) atoms. The van der Waals surface area contributed by atoms with Gasteiger partial charge in [0, 0.05) is 11.8 Å². The van der Waals surface area contributed by atoms with Gasteiger partial charge in [0.1, 0.15) is 11.3 Å². The molecule has 78 valence electrons. The fourth-order valence-corrected chi connectivity index (χ4v) is 1.06. The van der Waals surface area contributed by atoms with E-state index in [0.29, 0.717) is 0 Å². The molecule has 4 nitrogen and oxygen atoms in total. The number of methoxy groups -OCH3 is 1. The first-order valence-corrected chi connectivity index (χ1v) is 3.79. The van der Waals surface area contributed by atoms with Crippen LogP contribution in [-0.2, 0) is 6.61 Å². The molecule has 0 aliphatic carbocycles. The molecule has 6 heteroatoms. The van der Waals surface area contributed by atoms with E-state index in [4.69, 9.17) is 5.11 Å². The Kier molecular flexibility index (Phi) is 3.19. The lowest BCUT2D eigenvalue weighted by Crippen LogP contribution is -2.16. The van der Waals surface area contributed by atoms with Crippen LogP contribution in [-0.4, -0.2) is 17.2 Å². The van der Waals surface area contributed by atoms with Crippen LogP contribution in [0.25, 0.3) is 0 Å². The molecule has 0 atom stereocenters. The number of aliphatic hydroxyl groups excluding tert-OH is 1. The summed E-state index contributed by atoms with van der Waals surface area (Å²) in [5.74, 6) is -0.215. The maximum Gasteiger partial charge on any atom is 0.272 e. The molecule has 2 N–H and O–H groups in total. The summed E-state index contributed by atoms with van der Waals surface area (Å²) in [6.45, 7) is -0.435. The minimum Gasteiger partial charge on any atom is -0.496 e. The predicted octanol–water partition coefficient (Wildman–Crippen LogP) is 0.813. The first-order valence-electron chi connectivity index (χ1n) is 3.79. The summed E-state index contributed by atoms with van der Waals surface area (Å²) >= 11 is 0. The largest absolute Gasteiger partial charge is 0.496 e. The first kappa shape index (κ1) is 10.6. The summed E-state index contributed by atoms with van der Waals surface area (Å²) in [6.07, 6.45) is -2.90. The highest BCUT2D eigenvalue weighted by Crippen LogP contribution is 2.25. The van der Waals surface area contributed by atoms with Gasteiger partial charge in [-0.2, -0.15) is 0 Å². The van der Waals surface area contributed by atoms with Crippen LogP contribution in [0.3, 0.4) is 0 Å². The summed E-state index contributed by atoms with van der Waals surface area (Å²) in [5, 5.41) is 8.70. The van der Waals surface area contributed by atoms with Crippen molar-refractivity contribution < 1.29 is 18.6 Å². The number of H-pyrrole nitrogens is 1. The van der Waals surface area contributed by atoms with Gasteiger partial charge >= 0.3 is 0 Å². The van der Waals surface area contributed by atoms with Crippen LogP contribution in [0.4, 0.5) is 8.78 Å². The van der Waals surface area contributed by atoms with Gasteiger partial charge in [-0.15, -0.1) is 0 Å². The Hall–Kier alpha value is -1.43. The fourth-order valence-electron chi connectivity index (χ4n) is 1.06. The normalized spacial score (nSPS) is 10.6. The third kappa shape index (κ3) is 1.90. The number of hydrogen-bond acceptors (Lipinski definition) is 3. The summed E-state index contributed by atoms with van der Waals surface area (Å²) in [6, 6.07) is 1.17. The molecule has 0 aromatic carbocycles. The van der Waals surface area contributed by atoms with E-state index in [-0.39, 0.29) is 11.4 Å². The molecule has 0 aliphatic rings. The zero-order valence-corrected chi connectivity index (χ0v) is 7.38. The Balaban J connectivity index is 3.35. The molecule has 0 aliphatic heterocycles. The Morgan fingerprint density at radius 1 is 1.64 bits per heavy atom. The number of rotatable bonds is 3. The van der Waals surface area contributed by atoms with Crippen molar-refractivity contribution in [2.75, 3.05) is 7.11 Å². The van der Waals surface area contributed by atoms with E-state index in [1.54, 1.807) is 0 Å². The minimum absolute atomic E-state index is 0.135. The molecule has 0 saturated heterocycles. The lowest BCUT2D eigenvalue weighted by Gasteiger charge is -2.07. The van der Waals surface area contributed by atoms with E-state index in [1.165, 1.54) is 13.2 Å². The summed E-state index contributed by atoms with van der Waals surface area (Å²) in [5.41, 5.74) is -1.52. The van der Waals surface area contributed by atoms with Crippen LogP contribution in [0.5, 0.6) is 5.75 Å². The van der Waals surface area contributed by atoms with Gasteiger partial charge in [-0.1, -0.05) is 0 Å². The molecule has 0 amide bonds. The molecule has 0 saturated carbocycles. The third-order valence-electron chi connectivity index (χ3n) is 1.70. The van der Waals surface area contributed by atoms with Crippen molar-refractivity contribution in [3.63, 3.8) is 0 Å². The molecule has 1 heterocycles. The Morgan fingerprint density at radius 2 is 2.29 bits per heavy atom. The minimum atomic E-state index is -2.90. The SMILES string of the molecule is COc1cc(CO)[nH]c(=O)c1C(F)F. The van der Waals surface area contributed by atoms with Crippen molar-refractivity contribution >= 4 is 0 Å². The zero-order valence-electron chi connectivity index (χ0n) is 7.38. The van der Waals surface area contributed by atoms with Crippen molar-refractivity contribution in [2.45, 2.75) is 13.0 Å². The van der Waals surface area contributed by atoms with Gasteiger partial charge < -0.3 is 14.8 Å². The average molecular weight is 205 g/mol. The summed E-state index contributed by atoms with van der Waals surface area (Å²) in [7, 11) is 1.18. The van der Waals surface area contributed by atoms with Gasteiger partial charge in [0.15, 0.2) is 0 Å². The van der Waals surface area contributed by atoms with Gasteiger partial charge in [-0.3, -0.25) is 4.79 Å². The number of aromatic nitrogens is 1. The molecule has 0 spiro atoms. The Bertz CT molecular complexity index is 375. The molecule has 0 unspecified atom stereocenters. The van der Waals surface area contributed by atoms with E-state index in [0.717, 1.165) is 0 Å². The quantitative estimate of drug-likeness (QED) is 0.767. The third-order valence-corrected chi connectivity index (χ3v) is 1.70. The van der Waals surface area contributed by atoms with Crippen LogP contribution < -0.4 is 10.3 Å². The highest BCUT2D eigenvalue weighted by Gasteiger charge is 2.19. The van der Waals surface area contributed by atoms with Crippen LogP contribution >= 0.6 is 0 Å². The fraction of sp³-hybridized carbons (Fsp3) is 0.375. The second kappa shape index (κ2) is 4.19. The van der Waals surface area contributed by atoms with Crippen LogP contribution in [0.15, 0.2) is 10.9 Å². The molecule has 0 bridgehead atoms. The number of halogens is 2. The van der Waals surface area contributed by atoms with E-state index >= 15 is 0 Å². The molecular weight excluding hydrogens is 196 g/mol. The van der Waals surface area contributed by atoms with Gasteiger partial charge in [0.05, 0.1) is 13.7 Å². The van der Waals surface area contributed by atoms with Crippen LogP contribution in [0.1, 0.15) is 17.7 Å². The van der Waals surface area contributed by atoms with Crippen LogP contribution in [0, 0.1) is 0 Å². The van der Waals surface area contributed by atoms with Crippen molar-refractivity contribution in [1.29, 1.82) is 0 Å². The van der Waals surface area contributed by atoms with E-state index in [1.807, 2.05) is 0 Å². The standard InChI is InChI=1S/C8H9F2NO3/c1-14-5-2-4(3-12)11-8(13)6(5)7(9)10/h2,7,12H,3H2,1H3,(H,11,13). The summed E-state index contributed by atoms with van der Waals surface area (Å²) in [4.78, 5) is 13.2. The lowest BCUT2D eigenvalue weighted by molar-refractivity contribution is 0.145. The molecule has 1 aromatic rings. The second-order valence-electron chi connectivity index (χ2n) is 2.56. The number of nitrogens with one attached hydrogen (secondary N) is 1. The van der Waals surface area contributed by atoms with Crippen molar-refractivity contribution in [2.24, 2.45) is 0 Å². The average Bonchev–Trinajstić information content (AvgIpc) is 2.15. The maximum absolute atomic E-state index is 12.3. The number of aromatic amines is 1. The predicted molar refractivity (Wildman–Crippen MR) is 44.5 cm³/mol. The van der Waals surface area contributed by atoms with E-state index < -0.39 is 24.2 Å². The smallest absolute Gasteiger partial charge is 0.272 e.